The van der Waals surface area contributed by atoms with Crippen LogP contribution in [0.1, 0.15) is 31.7 Å². The molecule has 3 heterocycles. The molecular formula is C20H26N4O4. The molecule has 0 saturated carbocycles. The number of benzene rings is 1. The topological polar surface area (TPSA) is 97.5 Å². The third kappa shape index (κ3) is 3.39. The van der Waals surface area contributed by atoms with Crippen molar-refractivity contribution in [3.8, 4) is 11.5 Å². The molecule has 8 nitrogen and oxygen atoms in total. The number of hydrogen-bond acceptors (Lipinski definition) is 6. The zero-order chi connectivity index (χ0) is 19.9. The van der Waals surface area contributed by atoms with Crippen molar-refractivity contribution in [3.63, 3.8) is 0 Å². The van der Waals surface area contributed by atoms with E-state index in [0.717, 1.165) is 24.9 Å². The van der Waals surface area contributed by atoms with Gasteiger partial charge >= 0.3 is 0 Å². The third-order valence-corrected chi connectivity index (χ3v) is 6.04. The number of likely N-dealkylation sites (tertiary alicyclic amines) is 1. The summed E-state index contributed by atoms with van der Waals surface area (Å²) in [4.78, 5) is 33.1. The van der Waals surface area contributed by atoms with Gasteiger partial charge in [-0.2, -0.15) is 0 Å². The Hall–Kier alpha value is -2.77. The second-order valence-electron chi connectivity index (χ2n) is 8.00. The third-order valence-electron chi connectivity index (χ3n) is 6.04. The van der Waals surface area contributed by atoms with Gasteiger partial charge in [0, 0.05) is 26.1 Å². The van der Waals surface area contributed by atoms with Crippen LogP contribution in [-0.4, -0.2) is 60.0 Å². The van der Waals surface area contributed by atoms with Gasteiger partial charge in [0.1, 0.15) is 0 Å². The van der Waals surface area contributed by atoms with Gasteiger partial charge in [0.25, 0.3) is 0 Å². The van der Waals surface area contributed by atoms with E-state index in [0.29, 0.717) is 30.9 Å². The van der Waals surface area contributed by atoms with Crippen LogP contribution in [0.15, 0.2) is 23.2 Å². The first-order valence-electron chi connectivity index (χ1n) is 9.64. The van der Waals surface area contributed by atoms with E-state index in [1.807, 2.05) is 30.0 Å². The van der Waals surface area contributed by atoms with Gasteiger partial charge in [0.15, 0.2) is 17.5 Å². The Morgan fingerprint density at radius 1 is 1.36 bits per heavy atom. The Bertz CT molecular complexity index is 839. The number of fused-ring (bicyclic) bond motifs is 1. The predicted molar refractivity (Wildman–Crippen MR) is 103 cm³/mol. The maximum absolute atomic E-state index is 12.9. The highest BCUT2D eigenvalue weighted by Gasteiger charge is 2.43. The first kappa shape index (κ1) is 18.6. The number of aliphatic imine (C=N–C) groups is 1. The highest BCUT2D eigenvalue weighted by atomic mass is 16.7. The normalized spacial score (nSPS) is 27.0. The Labute approximate surface area is 164 Å². The van der Waals surface area contributed by atoms with E-state index >= 15 is 0 Å². The maximum atomic E-state index is 12.9. The van der Waals surface area contributed by atoms with Gasteiger partial charge in [-0.1, -0.05) is 6.07 Å². The minimum atomic E-state index is -0.564. The minimum absolute atomic E-state index is 0.0289. The molecule has 28 heavy (non-hydrogen) atoms. The van der Waals surface area contributed by atoms with Crippen LogP contribution in [0.2, 0.25) is 0 Å². The lowest BCUT2D eigenvalue weighted by molar-refractivity contribution is -0.133. The van der Waals surface area contributed by atoms with Crippen molar-refractivity contribution in [3.05, 3.63) is 23.8 Å². The van der Waals surface area contributed by atoms with Crippen LogP contribution >= 0.6 is 0 Å². The smallest absolute Gasteiger partial charge is 0.231 e. The number of piperidine rings is 1. The van der Waals surface area contributed by atoms with Crippen molar-refractivity contribution in [1.82, 2.24) is 9.80 Å². The van der Waals surface area contributed by atoms with Gasteiger partial charge in [0.2, 0.25) is 18.6 Å². The summed E-state index contributed by atoms with van der Waals surface area (Å²) in [7, 11) is 1.64. The average molecular weight is 386 g/mol. The van der Waals surface area contributed by atoms with E-state index in [1.54, 1.807) is 7.05 Å². The average Bonchev–Trinajstić information content (AvgIpc) is 3.14. The lowest BCUT2D eigenvalue weighted by Gasteiger charge is -2.43. The minimum Gasteiger partial charge on any atom is -0.454 e. The molecular weight excluding hydrogens is 360 g/mol. The lowest BCUT2D eigenvalue weighted by atomic mass is 9.77. The molecule has 0 bridgehead atoms. The van der Waals surface area contributed by atoms with Gasteiger partial charge in [-0.05, 0) is 37.5 Å². The van der Waals surface area contributed by atoms with Crippen molar-refractivity contribution in [2.75, 3.05) is 26.9 Å². The fraction of sp³-hybridized carbons (Fsp3) is 0.550. The van der Waals surface area contributed by atoms with E-state index < -0.39 is 5.54 Å². The number of hydrogen-bond donors (Lipinski definition) is 1. The number of carbonyl (C=O) groups excluding carboxylic acids is 2. The van der Waals surface area contributed by atoms with Gasteiger partial charge in [-0.3, -0.25) is 14.5 Å². The van der Waals surface area contributed by atoms with Crippen LogP contribution in [0.4, 0.5) is 0 Å². The molecule has 2 atom stereocenters. The van der Waals surface area contributed by atoms with E-state index in [1.165, 1.54) is 4.90 Å². The van der Waals surface area contributed by atoms with Crippen LogP contribution in [0.3, 0.4) is 0 Å². The van der Waals surface area contributed by atoms with Crippen molar-refractivity contribution < 1.29 is 19.1 Å². The largest absolute Gasteiger partial charge is 0.454 e. The summed E-state index contributed by atoms with van der Waals surface area (Å²) in [5.74, 6) is 1.80. The molecule has 150 valence electrons. The molecule has 1 unspecified atom stereocenters. The molecule has 0 spiro atoms. The van der Waals surface area contributed by atoms with Crippen LogP contribution < -0.4 is 15.2 Å². The summed E-state index contributed by atoms with van der Waals surface area (Å²) in [6, 6.07) is 5.60. The number of rotatable bonds is 3. The molecule has 1 aromatic rings. The summed E-state index contributed by atoms with van der Waals surface area (Å²) in [6.07, 6.45) is 2.46. The van der Waals surface area contributed by atoms with Crippen LogP contribution in [0.25, 0.3) is 0 Å². The Morgan fingerprint density at radius 2 is 2.14 bits per heavy atom. The van der Waals surface area contributed by atoms with Crippen molar-refractivity contribution in [2.45, 2.75) is 38.1 Å². The summed E-state index contributed by atoms with van der Waals surface area (Å²) in [5, 5.41) is 0. The fourth-order valence-corrected chi connectivity index (χ4v) is 4.21. The van der Waals surface area contributed by atoms with Crippen LogP contribution in [0.5, 0.6) is 11.5 Å². The molecule has 8 heteroatoms. The molecule has 2 N–H and O–H groups in total. The van der Waals surface area contributed by atoms with Crippen molar-refractivity contribution in [2.24, 2.45) is 16.6 Å². The second kappa shape index (κ2) is 7.00. The summed E-state index contributed by atoms with van der Waals surface area (Å²) in [6.45, 7) is 3.51. The molecule has 1 saturated heterocycles. The number of ether oxygens (including phenoxy) is 2. The Kier molecular flexibility index (Phi) is 4.64. The maximum Gasteiger partial charge on any atom is 0.231 e. The standard InChI is InChI=1S/C20H26N4O4/c1-20(10-18(26)23(2)19(21)22-20)14-4-3-7-24(11-14)17(25)9-13-5-6-15-16(8-13)28-12-27-15/h5-6,8,14H,3-4,7,9-12H2,1-2H3,(H2,21,22)/t14?,20-/m0/s1. The van der Waals surface area contributed by atoms with E-state index in [2.05, 4.69) is 4.99 Å². The zero-order valence-corrected chi connectivity index (χ0v) is 16.3. The van der Waals surface area contributed by atoms with E-state index in [4.69, 9.17) is 15.2 Å². The van der Waals surface area contributed by atoms with E-state index in [-0.39, 0.29) is 30.5 Å². The molecule has 2 amide bonds. The first-order chi connectivity index (χ1) is 13.4. The highest BCUT2D eigenvalue weighted by Crippen LogP contribution is 2.36. The molecule has 0 radical (unpaired) electrons. The van der Waals surface area contributed by atoms with Gasteiger partial charge in [0.05, 0.1) is 18.4 Å². The number of nitrogens with two attached hydrogens (primary N) is 1. The Balaban J connectivity index is 1.45. The zero-order valence-electron chi connectivity index (χ0n) is 16.3. The summed E-state index contributed by atoms with van der Waals surface area (Å²) >= 11 is 0. The molecule has 3 aliphatic rings. The predicted octanol–water partition coefficient (Wildman–Crippen LogP) is 1.13. The molecule has 0 aliphatic carbocycles. The fourth-order valence-electron chi connectivity index (χ4n) is 4.21. The number of carbonyl (C=O) groups is 2. The van der Waals surface area contributed by atoms with Crippen molar-refractivity contribution >= 4 is 17.8 Å². The SMILES string of the molecule is CN1C(=O)C[C@@](C)(C2CCCN(C(=O)Cc3ccc4c(c3)OCO4)C2)N=C1N. The molecule has 0 aromatic heterocycles. The number of guanidine groups is 1. The van der Waals surface area contributed by atoms with E-state index in [9.17, 15) is 9.59 Å². The molecule has 1 fully saturated rings. The molecule has 3 aliphatic heterocycles. The molecule has 4 rings (SSSR count). The number of nitrogens with zero attached hydrogens (tertiary/aromatic N) is 3. The monoisotopic (exact) mass is 386 g/mol. The summed E-state index contributed by atoms with van der Waals surface area (Å²) in [5.41, 5.74) is 6.28. The Morgan fingerprint density at radius 3 is 2.93 bits per heavy atom. The van der Waals surface area contributed by atoms with Crippen molar-refractivity contribution in [1.29, 1.82) is 0 Å². The quantitative estimate of drug-likeness (QED) is 0.840. The first-order valence-corrected chi connectivity index (χ1v) is 9.64. The molecule has 1 aromatic carbocycles. The summed E-state index contributed by atoms with van der Waals surface area (Å²) < 4.78 is 10.7. The van der Waals surface area contributed by atoms with Gasteiger partial charge < -0.3 is 20.1 Å². The van der Waals surface area contributed by atoms with Crippen LogP contribution in [0, 0.1) is 5.92 Å². The van der Waals surface area contributed by atoms with Gasteiger partial charge in [-0.15, -0.1) is 0 Å². The van der Waals surface area contributed by atoms with Gasteiger partial charge in [-0.25, -0.2) is 4.99 Å². The lowest BCUT2D eigenvalue weighted by Crippen LogP contribution is -2.55. The highest BCUT2D eigenvalue weighted by molar-refractivity contribution is 5.98. The van der Waals surface area contributed by atoms with Crippen LogP contribution in [-0.2, 0) is 16.0 Å². The second-order valence-corrected chi connectivity index (χ2v) is 8.00. The number of amides is 2.